The third kappa shape index (κ3) is 6.68. The van der Waals surface area contributed by atoms with Crippen molar-refractivity contribution in [3.8, 4) is 66.8 Å². The predicted octanol–water partition coefficient (Wildman–Crippen LogP) is 17.4. The first-order valence-electron chi connectivity index (χ1n) is 21.4. The Labute approximate surface area is 358 Å². The lowest BCUT2D eigenvalue weighted by Gasteiger charge is -2.21. The van der Waals surface area contributed by atoms with E-state index in [-0.39, 0.29) is 0 Å². The van der Waals surface area contributed by atoms with Gasteiger partial charge in [0.05, 0.1) is 0 Å². The third-order valence-corrected chi connectivity index (χ3v) is 12.6. The summed E-state index contributed by atoms with van der Waals surface area (Å²) in [6.45, 7) is 4.55. The van der Waals surface area contributed by atoms with E-state index in [0.29, 0.717) is 5.92 Å². The maximum Gasteiger partial charge on any atom is -0.00199 e. The summed E-state index contributed by atoms with van der Waals surface area (Å²) in [4.78, 5) is 0. The number of hydrogen-bond donors (Lipinski definition) is 0. The van der Waals surface area contributed by atoms with E-state index in [2.05, 4.69) is 238 Å². The molecule has 0 saturated heterocycles. The van der Waals surface area contributed by atoms with Gasteiger partial charge in [-0.1, -0.05) is 214 Å². The van der Waals surface area contributed by atoms with Crippen LogP contribution in [0.5, 0.6) is 0 Å². The van der Waals surface area contributed by atoms with Crippen LogP contribution in [0.2, 0.25) is 0 Å². The standard InChI is InChI=1S/C61H44/c1-40(2)45-17-11-20-53(35-45)60-55-21-7-9-23-57(55)61(58-24-10-8-22-56(58)60)59-39-51(33-34-54(59)52-32-30-42-14-4-6-16-47(42)38-52)44-27-25-43(26-28-44)48-18-12-19-49(36-48)50-31-29-41-13-3-5-15-46(41)37-50/h3-40H,1-2H3. The van der Waals surface area contributed by atoms with Gasteiger partial charge in [-0.3, -0.25) is 0 Å². The average molecular weight is 777 g/mol. The van der Waals surface area contributed by atoms with Crippen LogP contribution in [0, 0.1) is 0 Å². The molecule has 0 aliphatic rings. The number of fused-ring (bicyclic) bond motifs is 4. The molecule has 0 N–H and O–H groups in total. The minimum Gasteiger partial charge on any atom is -0.0616 e. The van der Waals surface area contributed by atoms with Crippen molar-refractivity contribution in [1.82, 2.24) is 0 Å². The molecule has 0 fully saturated rings. The highest BCUT2D eigenvalue weighted by atomic mass is 14.2. The number of hydrogen-bond acceptors (Lipinski definition) is 0. The van der Waals surface area contributed by atoms with Gasteiger partial charge in [0.25, 0.3) is 0 Å². The predicted molar refractivity (Wildman–Crippen MR) is 263 cm³/mol. The molecule has 61 heavy (non-hydrogen) atoms. The highest BCUT2D eigenvalue weighted by Crippen LogP contribution is 2.47. The van der Waals surface area contributed by atoms with Gasteiger partial charge in [-0.2, -0.15) is 0 Å². The fraction of sp³-hybridized carbons (Fsp3) is 0.0492. The second-order valence-corrected chi connectivity index (χ2v) is 16.7. The lowest BCUT2D eigenvalue weighted by Crippen LogP contribution is -1.94. The van der Waals surface area contributed by atoms with Crippen molar-refractivity contribution in [3.05, 3.63) is 230 Å². The molecule has 0 spiro atoms. The zero-order valence-corrected chi connectivity index (χ0v) is 34.4. The summed E-state index contributed by atoms with van der Waals surface area (Å²) in [5.74, 6) is 0.443. The molecule has 0 aromatic heterocycles. The van der Waals surface area contributed by atoms with Crippen molar-refractivity contribution in [2.24, 2.45) is 0 Å². The monoisotopic (exact) mass is 776 g/mol. The molecule has 0 radical (unpaired) electrons. The fourth-order valence-corrected chi connectivity index (χ4v) is 9.42. The van der Waals surface area contributed by atoms with Crippen LogP contribution in [0.1, 0.15) is 25.3 Å². The smallest absolute Gasteiger partial charge is 0.00199 e. The summed E-state index contributed by atoms with van der Waals surface area (Å²) < 4.78 is 0. The SMILES string of the molecule is CC(C)c1cccc(-c2c3ccccc3c(-c3cc(-c4ccc(-c5cccc(-c6ccc7ccccc7c6)c5)cc4)ccc3-c3ccc4ccccc4c3)c3ccccc23)c1. The van der Waals surface area contributed by atoms with Crippen LogP contribution in [-0.2, 0) is 0 Å². The number of benzene rings is 11. The molecule has 0 aliphatic carbocycles. The van der Waals surface area contributed by atoms with Crippen LogP contribution in [0.4, 0.5) is 0 Å². The quantitative estimate of drug-likeness (QED) is 0.141. The van der Waals surface area contributed by atoms with Gasteiger partial charge < -0.3 is 0 Å². The molecule has 11 aromatic rings. The molecular formula is C61H44. The van der Waals surface area contributed by atoms with Crippen molar-refractivity contribution in [1.29, 1.82) is 0 Å². The maximum absolute atomic E-state index is 2.44. The van der Waals surface area contributed by atoms with E-state index >= 15 is 0 Å². The first-order chi connectivity index (χ1) is 30.1. The van der Waals surface area contributed by atoms with Gasteiger partial charge in [-0.15, -0.1) is 0 Å². The molecule has 0 bridgehead atoms. The molecule has 11 rings (SSSR count). The summed E-state index contributed by atoms with van der Waals surface area (Å²) >= 11 is 0. The van der Waals surface area contributed by atoms with Crippen molar-refractivity contribution in [2.75, 3.05) is 0 Å². The van der Waals surface area contributed by atoms with Crippen LogP contribution in [0.15, 0.2) is 224 Å². The second kappa shape index (κ2) is 15.2. The summed E-state index contributed by atoms with van der Waals surface area (Å²) in [7, 11) is 0. The zero-order valence-electron chi connectivity index (χ0n) is 34.4. The molecule has 0 atom stereocenters. The Morgan fingerprint density at radius 3 is 1.28 bits per heavy atom. The Bertz CT molecular complexity index is 3380. The molecule has 0 amide bonds. The van der Waals surface area contributed by atoms with E-state index in [1.165, 1.54) is 115 Å². The molecule has 0 heteroatoms. The van der Waals surface area contributed by atoms with Crippen LogP contribution in [0.3, 0.4) is 0 Å². The van der Waals surface area contributed by atoms with Crippen LogP contribution in [0.25, 0.3) is 110 Å². The Morgan fingerprint density at radius 2 is 0.672 bits per heavy atom. The molecule has 0 nitrogen and oxygen atoms in total. The first-order valence-corrected chi connectivity index (χ1v) is 21.4. The normalized spacial score (nSPS) is 11.6. The molecular weight excluding hydrogens is 733 g/mol. The average Bonchev–Trinajstić information content (AvgIpc) is 3.33. The highest BCUT2D eigenvalue weighted by molar-refractivity contribution is 6.22. The van der Waals surface area contributed by atoms with Gasteiger partial charge >= 0.3 is 0 Å². The molecule has 0 saturated carbocycles. The summed E-state index contributed by atoms with van der Waals surface area (Å²) in [5, 5.41) is 10.1. The van der Waals surface area contributed by atoms with E-state index in [1.807, 2.05) is 0 Å². The Kier molecular flexibility index (Phi) is 9.13. The molecule has 11 aromatic carbocycles. The lowest BCUT2D eigenvalue weighted by atomic mass is 9.82. The van der Waals surface area contributed by atoms with Crippen molar-refractivity contribution in [3.63, 3.8) is 0 Å². The van der Waals surface area contributed by atoms with E-state index < -0.39 is 0 Å². The fourth-order valence-electron chi connectivity index (χ4n) is 9.42. The minimum absolute atomic E-state index is 0.443. The first kappa shape index (κ1) is 36.5. The van der Waals surface area contributed by atoms with Crippen molar-refractivity contribution < 1.29 is 0 Å². The van der Waals surface area contributed by atoms with Gasteiger partial charge in [0.2, 0.25) is 0 Å². The summed E-state index contributed by atoms with van der Waals surface area (Å²) in [5.41, 5.74) is 16.1. The zero-order chi connectivity index (χ0) is 40.9. The summed E-state index contributed by atoms with van der Waals surface area (Å²) in [6.07, 6.45) is 0. The Balaban J connectivity index is 1.08. The largest absolute Gasteiger partial charge is 0.0616 e. The van der Waals surface area contributed by atoms with Crippen molar-refractivity contribution >= 4 is 43.1 Å². The Hall–Kier alpha value is -7.54. The second-order valence-electron chi connectivity index (χ2n) is 16.7. The maximum atomic E-state index is 2.44. The summed E-state index contributed by atoms with van der Waals surface area (Å²) in [6, 6.07) is 83.2. The van der Waals surface area contributed by atoms with Gasteiger partial charge in [-0.25, -0.2) is 0 Å². The van der Waals surface area contributed by atoms with Crippen LogP contribution >= 0.6 is 0 Å². The topological polar surface area (TPSA) is 0 Å². The highest BCUT2D eigenvalue weighted by Gasteiger charge is 2.20. The Morgan fingerprint density at radius 1 is 0.246 bits per heavy atom. The lowest BCUT2D eigenvalue weighted by molar-refractivity contribution is 0.867. The molecule has 288 valence electrons. The van der Waals surface area contributed by atoms with Gasteiger partial charge in [0, 0.05) is 0 Å². The molecule has 0 unspecified atom stereocenters. The van der Waals surface area contributed by atoms with E-state index in [0.717, 1.165) is 0 Å². The third-order valence-electron chi connectivity index (χ3n) is 12.6. The van der Waals surface area contributed by atoms with Gasteiger partial charge in [0.1, 0.15) is 0 Å². The minimum atomic E-state index is 0.443. The van der Waals surface area contributed by atoms with Gasteiger partial charge in [-0.05, 0) is 146 Å². The number of rotatable bonds is 7. The van der Waals surface area contributed by atoms with E-state index in [4.69, 9.17) is 0 Å². The van der Waals surface area contributed by atoms with Crippen LogP contribution in [-0.4, -0.2) is 0 Å². The molecule has 0 aliphatic heterocycles. The van der Waals surface area contributed by atoms with Crippen LogP contribution < -0.4 is 0 Å². The van der Waals surface area contributed by atoms with E-state index in [1.54, 1.807) is 0 Å². The molecule has 0 heterocycles. The van der Waals surface area contributed by atoms with E-state index in [9.17, 15) is 0 Å². The van der Waals surface area contributed by atoms with Crippen molar-refractivity contribution in [2.45, 2.75) is 19.8 Å². The van der Waals surface area contributed by atoms with Gasteiger partial charge in [0.15, 0.2) is 0 Å².